The molecule has 4 nitrogen and oxygen atoms in total. The Morgan fingerprint density at radius 2 is 1.82 bits per heavy atom. The largest absolute Gasteiger partial charge is 0.465 e. The highest BCUT2D eigenvalue weighted by atomic mass is 35.5. The Bertz CT molecular complexity index is 685. The summed E-state index contributed by atoms with van der Waals surface area (Å²) in [7, 11) is 1.31. The standard InChI is InChI=1S/C16H16Cl2N2O2/c1-9(2)8-12-13(16(21)22-3)14(18)20-15(19-12)10-4-6-11(17)7-5-10/h4-7,9H,8H2,1-3H3. The Balaban J connectivity index is 2.56. The van der Waals surface area contributed by atoms with Gasteiger partial charge in [0.25, 0.3) is 0 Å². The van der Waals surface area contributed by atoms with E-state index >= 15 is 0 Å². The summed E-state index contributed by atoms with van der Waals surface area (Å²) in [4.78, 5) is 20.6. The summed E-state index contributed by atoms with van der Waals surface area (Å²) < 4.78 is 4.78. The van der Waals surface area contributed by atoms with Crippen molar-refractivity contribution >= 4 is 29.2 Å². The number of rotatable bonds is 4. The van der Waals surface area contributed by atoms with Crippen LogP contribution in [0.5, 0.6) is 0 Å². The van der Waals surface area contributed by atoms with Gasteiger partial charge < -0.3 is 4.74 Å². The predicted molar refractivity (Wildman–Crippen MR) is 87.4 cm³/mol. The van der Waals surface area contributed by atoms with Gasteiger partial charge >= 0.3 is 5.97 Å². The van der Waals surface area contributed by atoms with E-state index in [2.05, 4.69) is 9.97 Å². The first-order chi connectivity index (χ1) is 10.4. The SMILES string of the molecule is COC(=O)c1c(Cl)nc(-c2ccc(Cl)cc2)nc1CC(C)C. The zero-order valence-electron chi connectivity index (χ0n) is 12.6. The van der Waals surface area contributed by atoms with Crippen LogP contribution in [-0.2, 0) is 11.2 Å². The van der Waals surface area contributed by atoms with E-state index in [1.165, 1.54) is 7.11 Å². The van der Waals surface area contributed by atoms with Gasteiger partial charge in [0.05, 0.1) is 12.8 Å². The number of benzene rings is 1. The van der Waals surface area contributed by atoms with E-state index in [0.29, 0.717) is 28.9 Å². The van der Waals surface area contributed by atoms with Gasteiger partial charge in [-0.15, -0.1) is 0 Å². The van der Waals surface area contributed by atoms with Crippen molar-refractivity contribution in [2.45, 2.75) is 20.3 Å². The molecule has 0 unspecified atom stereocenters. The lowest BCUT2D eigenvalue weighted by molar-refractivity contribution is 0.0598. The van der Waals surface area contributed by atoms with E-state index in [0.717, 1.165) is 5.56 Å². The van der Waals surface area contributed by atoms with Crippen LogP contribution in [0.25, 0.3) is 11.4 Å². The van der Waals surface area contributed by atoms with Gasteiger partial charge in [0.2, 0.25) is 0 Å². The average molecular weight is 339 g/mol. The van der Waals surface area contributed by atoms with Crippen LogP contribution in [0, 0.1) is 5.92 Å². The highest BCUT2D eigenvalue weighted by molar-refractivity contribution is 6.32. The fourth-order valence-corrected chi connectivity index (χ4v) is 2.44. The van der Waals surface area contributed by atoms with Crippen molar-refractivity contribution in [3.8, 4) is 11.4 Å². The van der Waals surface area contributed by atoms with E-state index in [9.17, 15) is 4.79 Å². The molecule has 0 aliphatic heterocycles. The number of esters is 1. The minimum Gasteiger partial charge on any atom is -0.465 e. The Labute approximate surface area is 139 Å². The van der Waals surface area contributed by atoms with E-state index in [1.807, 2.05) is 26.0 Å². The molecule has 0 amide bonds. The quantitative estimate of drug-likeness (QED) is 0.611. The first-order valence-electron chi connectivity index (χ1n) is 6.83. The predicted octanol–water partition coefficient (Wildman–Crippen LogP) is 4.44. The zero-order chi connectivity index (χ0) is 16.3. The molecule has 116 valence electrons. The zero-order valence-corrected chi connectivity index (χ0v) is 14.1. The van der Waals surface area contributed by atoms with Crippen LogP contribution in [0.2, 0.25) is 10.2 Å². The summed E-state index contributed by atoms with van der Waals surface area (Å²) in [6.45, 7) is 4.08. The third-order valence-electron chi connectivity index (χ3n) is 3.03. The van der Waals surface area contributed by atoms with Crippen LogP contribution < -0.4 is 0 Å². The fraction of sp³-hybridized carbons (Fsp3) is 0.312. The van der Waals surface area contributed by atoms with E-state index in [1.54, 1.807) is 12.1 Å². The molecular weight excluding hydrogens is 323 g/mol. The number of ether oxygens (including phenoxy) is 1. The molecule has 0 atom stereocenters. The normalized spacial score (nSPS) is 10.8. The van der Waals surface area contributed by atoms with Crippen LogP contribution >= 0.6 is 23.2 Å². The average Bonchev–Trinajstić information content (AvgIpc) is 2.46. The van der Waals surface area contributed by atoms with E-state index < -0.39 is 5.97 Å². The number of aromatic nitrogens is 2. The number of carbonyl (C=O) groups excluding carboxylic acids is 1. The minimum atomic E-state index is -0.525. The second kappa shape index (κ2) is 7.07. The summed E-state index contributed by atoms with van der Waals surface area (Å²) in [5.41, 5.74) is 1.61. The minimum absolute atomic E-state index is 0.0995. The summed E-state index contributed by atoms with van der Waals surface area (Å²) >= 11 is 12.1. The smallest absolute Gasteiger partial charge is 0.342 e. The molecule has 0 aliphatic carbocycles. The van der Waals surface area contributed by atoms with Crippen LogP contribution in [0.1, 0.15) is 29.9 Å². The van der Waals surface area contributed by atoms with Gasteiger partial charge in [-0.25, -0.2) is 14.8 Å². The van der Waals surface area contributed by atoms with Crippen LogP contribution in [-0.4, -0.2) is 23.0 Å². The van der Waals surface area contributed by atoms with E-state index in [4.69, 9.17) is 27.9 Å². The van der Waals surface area contributed by atoms with Crippen molar-refractivity contribution in [3.05, 3.63) is 45.7 Å². The molecule has 0 N–H and O–H groups in total. The highest BCUT2D eigenvalue weighted by Crippen LogP contribution is 2.25. The molecular formula is C16H16Cl2N2O2. The van der Waals surface area contributed by atoms with Gasteiger partial charge in [-0.2, -0.15) is 0 Å². The lowest BCUT2D eigenvalue weighted by atomic mass is 10.0. The number of hydrogen-bond acceptors (Lipinski definition) is 4. The van der Waals surface area contributed by atoms with Crippen LogP contribution in [0.3, 0.4) is 0 Å². The molecule has 0 spiro atoms. The third-order valence-corrected chi connectivity index (χ3v) is 3.56. The Morgan fingerprint density at radius 1 is 1.18 bits per heavy atom. The maximum atomic E-state index is 11.9. The van der Waals surface area contributed by atoms with Gasteiger partial charge in [-0.1, -0.05) is 37.0 Å². The lowest BCUT2D eigenvalue weighted by Gasteiger charge is -2.12. The molecule has 1 heterocycles. The topological polar surface area (TPSA) is 52.1 Å². The van der Waals surface area contributed by atoms with Gasteiger partial charge in [0.1, 0.15) is 10.7 Å². The summed E-state index contributed by atoms with van der Waals surface area (Å²) in [5, 5.41) is 0.728. The molecule has 1 aromatic heterocycles. The number of nitrogens with zero attached hydrogens (tertiary/aromatic N) is 2. The highest BCUT2D eigenvalue weighted by Gasteiger charge is 2.21. The second-order valence-corrected chi connectivity index (χ2v) is 6.05. The molecule has 0 bridgehead atoms. The second-order valence-electron chi connectivity index (χ2n) is 5.26. The van der Waals surface area contributed by atoms with Gasteiger partial charge in [-0.3, -0.25) is 0 Å². The summed E-state index contributed by atoms with van der Waals surface area (Å²) in [5.74, 6) is 0.251. The van der Waals surface area contributed by atoms with Crippen molar-refractivity contribution < 1.29 is 9.53 Å². The monoisotopic (exact) mass is 338 g/mol. The molecule has 0 aliphatic rings. The maximum Gasteiger partial charge on any atom is 0.342 e. The molecule has 2 aromatic rings. The summed E-state index contributed by atoms with van der Waals surface area (Å²) in [6.07, 6.45) is 0.604. The van der Waals surface area contributed by atoms with Gasteiger partial charge in [0, 0.05) is 10.6 Å². The van der Waals surface area contributed by atoms with Crippen molar-refractivity contribution in [1.29, 1.82) is 0 Å². The summed E-state index contributed by atoms with van der Waals surface area (Å²) in [6, 6.07) is 7.13. The van der Waals surface area contributed by atoms with E-state index in [-0.39, 0.29) is 10.7 Å². The van der Waals surface area contributed by atoms with Crippen molar-refractivity contribution in [2.75, 3.05) is 7.11 Å². The molecule has 22 heavy (non-hydrogen) atoms. The lowest BCUT2D eigenvalue weighted by Crippen LogP contribution is -2.13. The fourth-order valence-electron chi connectivity index (χ4n) is 2.04. The van der Waals surface area contributed by atoms with Gasteiger partial charge in [0.15, 0.2) is 5.82 Å². The molecule has 1 aromatic carbocycles. The Morgan fingerprint density at radius 3 is 2.36 bits per heavy atom. The molecule has 2 rings (SSSR count). The Hall–Kier alpha value is -1.65. The number of hydrogen-bond donors (Lipinski definition) is 0. The first-order valence-corrected chi connectivity index (χ1v) is 7.58. The number of methoxy groups -OCH3 is 1. The first kappa shape index (κ1) is 16.7. The van der Waals surface area contributed by atoms with Crippen molar-refractivity contribution in [3.63, 3.8) is 0 Å². The third kappa shape index (κ3) is 3.76. The van der Waals surface area contributed by atoms with Gasteiger partial charge in [-0.05, 0) is 36.6 Å². The van der Waals surface area contributed by atoms with Crippen LogP contribution in [0.4, 0.5) is 0 Å². The number of halogens is 2. The maximum absolute atomic E-state index is 11.9. The van der Waals surface area contributed by atoms with Crippen molar-refractivity contribution in [2.24, 2.45) is 5.92 Å². The van der Waals surface area contributed by atoms with Crippen LogP contribution in [0.15, 0.2) is 24.3 Å². The molecule has 0 fully saturated rings. The number of carbonyl (C=O) groups is 1. The molecule has 0 saturated heterocycles. The Kier molecular flexibility index (Phi) is 5.37. The van der Waals surface area contributed by atoms with Crippen molar-refractivity contribution in [1.82, 2.24) is 9.97 Å². The molecule has 6 heteroatoms. The molecule has 0 radical (unpaired) electrons. The molecule has 0 saturated carbocycles.